The number of nitrogens with one attached hydrogen (secondary N) is 1. The highest BCUT2D eigenvalue weighted by molar-refractivity contribution is 6.03. The SMILES string of the molecule is Cc1ccc2ncc(C(=O)Nc3cn(C4CCCCC4)nc3C(F)F)n2c1. The minimum atomic E-state index is -2.76. The first kappa shape index (κ1) is 17.6. The molecule has 0 aromatic carbocycles. The largest absolute Gasteiger partial charge is 0.318 e. The lowest BCUT2D eigenvalue weighted by molar-refractivity contribution is 0.102. The van der Waals surface area contributed by atoms with Crippen molar-refractivity contribution in [3.63, 3.8) is 0 Å². The summed E-state index contributed by atoms with van der Waals surface area (Å²) < 4.78 is 30.2. The van der Waals surface area contributed by atoms with Gasteiger partial charge in [0.25, 0.3) is 12.3 Å². The standard InChI is InChI=1S/C19H21F2N5O/c1-12-7-8-16-22-9-15(25(16)10-12)19(27)23-14-11-26(24-17(14)18(20)21)13-5-3-2-4-6-13/h7-11,13,18H,2-6H2,1H3,(H,23,27). The number of halogens is 2. The number of nitrogens with zero attached hydrogens (tertiary/aromatic N) is 4. The Bertz CT molecular complexity index is 972. The minimum absolute atomic E-state index is 0.0585. The Hall–Kier alpha value is -2.77. The van der Waals surface area contributed by atoms with E-state index in [1.165, 1.54) is 12.4 Å². The van der Waals surface area contributed by atoms with Gasteiger partial charge in [0.05, 0.1) is 17.9 Å². The Morgan fingerprint density at radius 3 is 2.74 bits per heavy atom. The Kier molecular flexibility index (Phi) is 4.63. The number of fused-ring (bicyclic) bond motifs is 1. The molecule has 1 amide bonds. The third-order valence-electron chi connectivity index (χ3n) is 5.05. The molecule has 0 unspecified atom stereocenters. The molecule has 1 fully saturated rings. The molecule has 0 aliphatic heterocycles. The number of alkyl halides is 2. The van der Waals surface area contributed by atoms with Crippen molar-refractivity contribution in [3.05, 3.63) is 47.7 Å². The number of hydrogen-bond donors (Lipinski definition) is 1. The second-order valence-electron chi connectivity index (χ2n) is 7.03. The lowest BCUT2D eigenvalue weighted by Gasteiger charge is -2.21. The van der Waals surface area contributed by atoms with Gasteiger partial charge >= 0.3 is 0 Å². The third-order valence-corrected chi connectivity index (χ3v) is 5.05. The minimum Gasteiger partial charge on any atom is -0.318 e. The fourth-order valence-electron chi connectivity index (χ4n) is 3.64. The highest BCUT2D eigenvalue weighted by atomic mass is 19.3. The molecule has 3 aromatic rings. The number of imidazole rings is 1. The first-order valence-electron chi connectivity index (χ1n) is 9.15. The fourth-order valence-corrected chi connectivity index (χ4v) is 3.64. The number of aromatic nitrogens is 4. The molecule has 0 bridgehead atoms. The van der Waals surface area contributed by atoms with Gasteiger partial charge < -0.3 is 5.32 Å². The van der Waals surface area contributed by atoms with E-state index in [0.29, 0.717) is 11.3 Å². The van der Waals surface area contributed by atoms with Crippen LogP contribution in [-0.4, -0.2) is 25.1 Å². The topological polar surface area (TPSA) is 64.2 Å². The van der Waals surface area contributed by atoms with Crippen molar-refractivity contribution in [1.82, 2.24) is 19.2 Å². The van der Waals surface area contributed by atoms with Crippen molar-refractivity contribution in [1.29, 1.82) is 0 Å². The second-order valence-corrected chi connectivity index (χ2v) is 7.03. The van der Waals surface area contributed by atoms with Gasteiger partial charge in [-0.05, 0) is 31.4 Å². The van der Waals surface area contributed by atoms with Crippen LogP contribution in [0, 0.1) is 6.92 Å². The average Bonchev–Trinajstić information content (AvgIpc) is 3.26. The van der Waals surface area contributed by atoms with Crippen LogP contribution >= 0.6 is 0 Å². The average molecular weight is 373 g/mol. The molecular formula is C19H21F2N5O. The maximum absolute atomic E-state index is 13.5. The smallest absolute Gasteiger partial charge is 0.284 e. The molecule has 8 heteroatoms. The van der Waals surface area contributed by atoms with Crippen molar-refractivity contribution >= 4 is 17.2 Å². The van der Waals surface area contributed by atoms with E-state index in [4.69, 9.17) is 0 Å². The predicted molar refractivity (Wildman–Crippen MR) is 97.2 cm³/mol. The van der Waals surface area contributed by atoms with Gasteiger partial charge in [-0.25, -0.2) is 13.8 Å². The van der Waals surface area contributed by atoms with Gasteiger partial charge in [0.1, 0.15) is 11.3 Å². The van der Waals surface area contributed by atoms with Crippen LogP contribution in [0.15, 0.2) is 30.7 Å². The maximum atomic E-state index is 13.5. The first-order valence-corrected chi connectivity index (χ1v) is 9.15. The van der Waals surface area contributed by atoms with E-state index < -0.39 is 12.3 Å². The van der Waals surface area contributed by atoms with E-state index in [9.17, 15) is 13.6 Å². The highest BCUT2D eigenvalue weighted by Crippen LogP contribution is 2.32. The summed E-state index contributed by atoms with van der Waals surface area (Å²) in [6.45, 7) is 1.91. The van der Waals surface area contributed by atoms with Gasteiger partial charge in [-0.2, -0.15) is 5.10 Å². The zero-order valence-electron chi connectivity index (χ0n) is 15.0. The summed E-state index contributed by atoms with van der Waals surface area (Å²) in [5.41, 5.74) is 1.55. The number of hydrogen-bond acceptors (Lipinski definition) is 3. The molecule has 0 radical (unpaired) electrons. The van der Waals surface area contributed by atoms with Crippen LogP contribution in [0.3, 0.4) is 0 Å². The zero-order chi connectivity index (χ0) is 19.0. The molecule has 6 nitrogen and oxygen atoms in total. The molecule has 0 atom stereocenters. The summed E-state index contributed by atoms with van der Waals surface area (Å²) in [6, 6.07) is 3.81. The Morgan fingerprint density at radius 1 is 1.22 bits per heavy atom. The number of carbonyl (C=O) groups is 1. The molecule has 0 saturated heterocycles. The molecule has 0 spiro atoms. The molecule has 142 valence electrons. The normalized spacial score (nSPS) is 15.6. The highest BCUT2D eigenvalue weighted by Gasteiger charge is 2.25. The fraction of sp³-hybridized carbons (Fsp3) is 0.421. The van der Waals surface area contributed by atoms with E-state index in [-0.39, 0.29) is 17.4 Å². The Morgan fingerprint density at radius 2 is 2.00 bits per heavy atom. The van der Waals surface area contributed by atoms with Gasteiger partial charge in [0, 0.05) is 12.4 Å². The lowest BCUT2D eigenvalue weighted by Crippen LogP contribution is -2.15. The molecule has 1 aliphatic rings. The summed E-state index contributed by atoms with van der Waals surface area (Å²) in [5, 5.41) is 6.68. The van der Waals surface area contributed by atoms with Crippen LogP contribution in [-0.2, 0) is 0 Å². The number of carbonyl (C=O) groups excluding carboxylic acids is 1. The quantitative estimate of drug-likeness (QED) is 0.730. The van der Waals surface area contributed by atoms with Crippen LogP contribution in [0.5, 0.6) is 0 Å². The molecular weight excluding hydrogens is 352 g/mol. The van der Waals surface area contributed by atoms with E-state index in [2.05, 4.69) is 15.4 Å². The van der Waals surface area contributed by atoms with E-state index in [1.54, 1.807) is 21.3 Å². The van der Waals surface area contributed by atoms with Crippen LogP contribution in [0.4, 0.5) is 14.5 Å². The zero-order valence-corrected chi connectivity index (χ0v) is 15.0. The number of aryl methyl sites for hydroxylation is 1. The van der Waals surface area contributed by atoms with Gasteiger partial charge in [-0.15, -0.1) is 0 Å². The molecule has 1 N–H and O–H groups in total. The Labute approximate surface area is 155 Å². The molecule has 4 rings (SSSR count). The maximum Gasteiger partial charge on any atom is 0.284 e. The number of rotatable bonds is 4. The van der Waals surface area contributed by atoms with Crippen LogP contribution in [0.25, 0.3) is 5.65 Å². The van der Waals surface area contributed by atoms with Gasteiger partial charge in [0.15, 0.2) is 5.69 Å². The Balaban J connectivity index is 1.63. The monoisotopic (exact) mass is 373 g/mol. The second kappa shape index (κ2) is 7.09. The summed E-state index contributed by atoms with van der Waals surface area (Å²) in [4.78, 5) is 16.9. The van der Waals surface area contributed by atoms with Gasteiger partial charge in [0.2, 0.25) is 0 Å². The van der Waals surface area contributed by atoms with Crippen LogP contribution < -0.4 is 5.32 Å². The molecule has 1 saturated carbocycles. The van der Waals surface area contributed by atoms with Gasteiger partial charge in [-0.3, -0.25) is 13.9 Å². The van der Waals surface area contributed by atoms with Crippen molar-refractivity contribution < 1.29 is 13.6 Å². The predicted octanol–water partition coefficient (Wildman–Crippen LogP) is 4.53. The summed E-state index contributed by atoms with van der Waals surface area (Å²) >= 11 is 0. The molecule has 1 aliphatic carbocycles. The van der Waals surface area contributed by atoms with Gasteiger partial charge in [-0.1, -0.05) is 25.3 Å². The first-order chi connectivity index (χ1) is 13.0. The van der Waals surface area contributed by atoms with Crippen molar-refractivity contribution in [2.24, 2.45) is 0 Å². The van der Waals surface area contributed by atoms with Crippen LogP contribution in [0.1, 0.15) is 66.3 Å². The number of pyridine rings is 1. The van der Waals surface area contributed by atoms with Crippen molar-refractivity contribution in [2.45, 2.75) is 51.5 Å². The summed E-state index contributed by atoms with van der Waals surface area (Å²) in [7, 11) is 0. The molecule has 3 heterocycles. The molecule has 3 aromatic heterocycles. The van der Waals surface area contributed by atoms with Crippen LogP contribution in [0.2, 0.25) is 0 Å². The van der Waals surface area contributed by atoms with Crippen molar-refractivity contribution in [2.75, 3.05) is 5.32 Å². The number of amides is 1. The third kappa shape index (κ3) is 3.43. The van der Waals surface area contributed by atoms with E-state index in [0.717, 1.165) is 37.7 Å². The lowest BCUT2D eigenvalue weighted by atomic mass is 9.96. The van der Waals surface area contributed by atoms with E-state index in [1.807, 2.05) is 13.0 Å². The summed E-state index contributed by atoms with van der Waals surface area (Å²) in [6.07, 6.45) is 7.15. The number of anilines is 1. The van der Waals surface area contributed by atoms with E-state index >= 15 is 0 Å². The molecule has 27 heavy (non-hydrogen) atoms. The summed E-state index contributed by atoms with van der Waals surface area (Å²) in [5.74, 6) is -0.488. The van der Waals surface area contributed by atoms with Crippen molar-refractivity contribution in [3.8, 4) is 0 Å².